The summed E-state index contributed by atoms with van der Waals surface area (Å²) in [6.07, 6.45) is -2.80. The smallest absolute Gasteiger partial charge is 0.383 e. The highest BCUT2D eigenvalue weighted by molar-refractivity contribution is 6.16. The van der Waals surface area contributed by atoms with Crippen LogP contribution in [0.15, 0.2) is 47.8 Å². The van der Waals surface area contributed by atoms with Crippen molar-refractivity contribution in [3.8, 4) is 11.8 Å². The Kier molecular flexibility index (Phi) is 8.54. The zero-order chi connectivity index (χ0) is 29.0. The van der Waals surface area contributed by atoms with Crippen molar-refractivity contribution >= 4 is 28.9 Å². The van der Waals surface area contributed by atoms with Crippen molar-refractivity contribution in [2.45, 2.75) is 44.6 Å². The van der Waals surface area contributed by atoms with E-state index < -0.39 is 30.2 Å². The molecule has 0 saturated carbocycles. The van der Waals surface area contributed by atoms with E-state index in [-0.39, 0.29) is 28.8 Å². The van der Waals surface area contributed by atoms with Crippen LogP contribution in [0.25, 0.3) is 0 Å². The number of rotatable bonds is 5. The van der Waals surface area contributed by atoms with Crippen molar-refractivity contribution in [3.63, 3.8) is 0 Å². The lowest BCUT2D eigenvalue weighted by atomic mass is 9.96. The third kappa shape index (κ3) is 6.84. The third-order valence-electron chi connectivity index (χ3n) is 6.79. The van der Waals surface area contributed by atoms with Gasteiger partial charge < -0.3 is 21.3 Å². The average molecular weight is 556 g/mol. The van der Waals surface area contributed by atoms with Gasteiger partial charge >= 0.3 is 6.18 Å². The Balaban J connectivity index is 1.51. The molecule has 1 aromatic heterocycles. The lowest BCUT2D eigenvalue weighted by Gasteiger charge is -2.30. The van der Waals surface area contributed by atoms with Gasteiger partial charge in [-0.25, -0.2) is 14.4 Å². The minimum Gasteiger partial charge on any atom is -0.383 e. The van der Waals surface area contributed by atoms with Crippen LogP contribution in [-0.4, -0.2) is 65.0 Å². The van der Waals surface area contributed by atoms with Crippen LogP contribution >= 0.6 is 0 Å². The van der Waals surface area contributed by atoms with Crippen molar-refractivity contribution < 1.29 is 22.4 Å². The van der Waals surface area contributed by atoms with Gasteiger partial charge in [-0.1, -0.05) is 18.1 Å². The molecule has 1 aliphatic carbocycles. The summed E-state index contributed by atoms with van der Waals surface area (Å²) in [7, 11) is 2.06. The minimum atomic E-state index is -4.87. The molecule has 0 radical (unpaired) electrons. The molecule has 1 amide bonds. The lowest BCUT2D eigenvalue weighted by Crippen LogP contribution is -2.37. The first-order chi connectivity index (χ1) is 18.9. The number of carbonyl (C=O) groups excluding carboxylic acids is 1. The summed E-state index contributed by atoms with van der Waals surface area (Å²) in [5, 5.41) is 14.5. The first-order valence-corrected chi connectivity index (χ1v) is 12.6. The van der Waals surface area contributed by atoms with Crippen LogP contribution in [0.5, 0.6) is 0 Å². The number of amides is 1. The molecule has 12 heteroatoms. The molecule has 8 nitrogen and oxygen atoms in total. The summed E-state index contributed by atoms with van der Waals surface area (Å²) >= 11 is 0. The Labute approximate surface area is 229 Å². The van der Waals surface area contributed by atoms with Crippen molar-refractivity contribution in [2.24, 2.45) is 0 Å². The molecule has 4 rings (SSSR count). The van der Waals surface area contributed by atoms with E-state index in [1.54, 1.807) is 25.1 Å². The molecule has 1 fully saturated rings. The molecular weight excluding hydrogens is 526 g/mol. The van der Waals surface area contributed by atoms with Gasteiger partial charge in [0.1, 0.15) is 29.8 Å². The first-order valence-electron chi connectivity index (χ1n) is 12.6. The second kappa shape index (κ2) is 11.9. The van der Waals surface area contributed by atoms with E-state index in [1.165, 1.54) is 6.33 Å². The van der Waals surface area contributed by atoms with Crippen LogP contribution in [0.3, 0.4) is 0 Å². The summed E-state index contributed by atoms with van der Waals surface area (Å²) < 4.78 is 53.0. The number of nitrogens with one attached hydrogen (secondary N) is 3. The number of allylic oxidation sites excluding steroid dienone is 2. The average Bonchev–Trinajstić information content (AvgIpc) is 2.89. The topological polar surface area (TPSA) is 120 Å². The summed E-state index contributed by atoms with van der Waals surface area (Å²) in [6, 6.07) is 4.97. The Hall–Kier alpha value is -4.24. The Morgan fingerprint density at radius 3 is 2.65 bits per heavy atom. The number of hydrogen-bond donors (Lipinski definition) is 4. The molecule has 40 heavy (non-hydrogen) atoms. The number of halogens is 4. The van der Waals surface area contributed by atoms with Gasteiger partial charge in [-0.15, -0.1) is 0 Å². The van der Waals surface area contributed by atoms with Crippen LogP contribution < -0.4 is 16.4 Å². The predicted molar refractivity (Wildman–Crippen MR) is 146 cm³/mol. The Morgan fingerprint density at radius 2 is 1.95 bits per heavy atom. The highest BCUT2D eigenvalue weighted by Gasteiger charge is 2.40. The summed E-state index contributed by atoms with van der Waals surface area (Å²) in [5.41, 5.74) is 6.12. The normalized spacial score (nSPS) is 18.2. The number of nitrogens with zero attached hydrogens (tertiary/aromatic N) is 3. The molecule has 5 N–H and O–H groups in total. The van der Waals surface area contributed by atoms with E-state index >= 15 is 0 Å². The molecule has 1 unspecified atom stereocenters. The van der Waals surface area contributed by atoms with Gasteiger partial charge in [0.2, 0.25) is 0 Å². The molecule has 1 aromatic carbocycles. The van der Waals surface area contributed by atoms with E-state index in [2.05, 4.69) is 44.4 Å². The van der Waals surface area contributed by atoms with Gasteiger partial charge in [0.25, 0.3) is 5.91 Å². The molecule has 2 heterocycles. The molecule has 1 atom stereocenters. The number of hydrogen-bond acceptors (Lipinski definition) is 7. The van der Waals surface area contributed by atoms with E-state index in [0.717, 1.165) is 37.6 Å². The van der Waals surface area contributed by atoms with Crippen molar-refractivity contribution in [1.82, 2.24) is 14.9 Å². The largest absolute Gasteiger partial charge is 0.415 e. The third-order valence-corrected chi connectivity index (χ3v) is 6.79. The van der Waals surface area contributed by atoms with Gasteiger partial charge in [-0.3, -0.25) is 10.2 Å². The van der Waals surface area contributed by atoms with Crippen molar-refractivity contribution in [1.29, 1.82) is 5.41 Å². The molecule has 2 aromatic rings. The fraction of sp³-hybridized carbons (Fsp3) is 0.357. The maximum absolute atomic E-state index is 13.7. The van der Waals surface area contributed by atoms with Gasteiger partial charge in [-0.05, 0) is 69.6 Å². The Morgan fingerprint density at radius 1 is 1.23 bits per heavy atom. The molecule has 210 valence electrons. The van der Waals surface area contributed by atoms with E-state index in [4.69, 9.17) is 11.1 Å². The zero-order valence-electron chi connectivity index (χ0n) is 22.0. The maximum Gasteiger partial charge on any atom is 0.415 e. The number of likely N-dealkylation sites (tertiary alicyclic amines) is 1. The number of alkyl halides is 4. The standard InChI is InChI=1S/C28H29F4N7O/c1-16-3-6-20(38-27(40)18-4-7-22(29)21(14-18)28(30,31)32)13-17(16)5-8-23(33)24-25(34)35-15-36-26(24)37-19-9-11-39(2)12-10-19/h3-4,6,13-15,19,22,33H,7,9-12H2,1-2H3,(H,38,40)(H3,34,35,36,37). The predicted octanol–water partition coefficient (Wildman–Crippen LogP) is 4.39. The fourth-order valence-electron chi connectivity index (χ4n) is 4.42. The zero-order valence-corrected chi connectivity index (χ0v) is 22.0. The van der Waals surface area contributed by atoms with E-state index in [0.29, 0.717) is 23.0 Å². The second-order valence-electron chi connectivity index (χ2n) is 9.77. The van der Waals surface area contributed by atoms with Crippen molar-refractivity contribution in [2.75, 3.05) is 36.5 Å². The monoisotopic (exact) mass is 555 g/mol. The van der Waals surface area contributed by atoms with Gasteiger partial charge in [0.05, 0.1) is 11.1 Å². The van der Waals surface area contributed by atoms with E-state index in [9.17, 15) is 22.4 Å². The van der Waals surface area contributed by atoms with Crippen LogP contribution in [-0.2, 0) is 4.79 Å². The van der Waals surface area contributed by atoms with Gasteiger partial charge in [0.15, 0.2) is 0 Å². The first kappa shape index (κ1) is 28.8. The number of anilines is 3. The molecule has 2 aliphatic rings. The molecule has 0 bridgehead atoms. The summed E-state index contributed by atoms with van der Waals surface area (Å²) in [5.74, 6) is 5.43. The van der Waals surface area contributed by atoms with Crippen molar-refractivity contribution in [3.05, 3.63) is 64.5 Å². The quantitative estimate of drug-likeness (QED) is 0.247. The molecule has 1 saturated heterocycles. The molecule has 1 aliphatic heterocycles. The van der Waals surface area contributed by atoms with Gasteiger partial charge in [0, 0.05) is 29.3 Å². The second-order valence-corrected chi connectivity index (χ2v) is 9.77. The number of piperidine rings is 1. The van der Waals surface area contributed by atoms with Crippen LogP contribution in [0.1, 0.15) is 36.0 Å². The summed E-state index contributed by atoms with van der Waals surface area (Å²) in [6.45, 7) is 3.66. The number of aryl methyl sites for hydroxylation is 1. The summed E-state index contributed by atoms with van der Waals surface area (Å²) in [4.78, 5) is 23.2. The van der Waals surface area contributed by atoms with E-state index in [1.807, 2.05) is 0 Å². The van der Waals surface area contributed by atoms with Crippen LogP contribution in [0, 0.1) is 24.2 Å². The molecule has 0 spiro atoms. The maximum atomic E-state index is 13.7. The number of nitrogens with two attached hydrogens (primary N) is 1. The van der Waals surface area contributed by atoms with Gasteiger partial charge in [-0.2, -0.15) is 13.2 Å². The highest BCUT2D eigenvalue weighted by atomic mass is 19.4. The number of benzene rings is 1. The lowest BCUT2D eigenvalue weighted by molar-refractivity contribution is -0.112. The fourth-order valence-corrected chi connectivity index (χ4v) is 4.42. The Bertz CT molecular complexity index is 1430. The number of carbonyl (C=O) groups is 1. The SMILES string of the molecule is Cc1ccc(NC(=O)C2=CCC(F)C(C(F)(F)F)=C2)cc1C#CC(=N)c1c(N)ncnc1NC1CCN(C)CC1. The molecular formula is C28H29F4N7O. The van der Waals surface area contributed by atoms with Crippen LogP contribution in [0.4, 0.5) is 34.9 Å². The van der Waals surface area contributed by atoms with Crippen LogP contribution in [0.2, 0.25) is 0 Å². The highest BCUT2D eigenvalue weighted by Crippen LogP contribution is 2.35. The number of aromatic nitrogens is 2. The minimum absolute atomic E-state index is 0.0969. The number of nitrogen functional groups attached to an aromatic ring is 1.